The zero-order chi connectivity index (χ0) is 20.4. The van der Waals surface area contributed by atoms with Crippen molar-refractivity contribution in [3.8, 4) is 11.1 Å². The van der Waals surface area contributed by atoms with Gasteiger partial charge in [0.2, 0.25) is 5.95 Å². The fourth-order valence-electron chi connectivity index (χ4n) is 3.33. The fourth-order valence-corrected chi connectivity index (χ4v) is 3.33. The van der Waals surface area contributed by atoms with Crippen molar-refractivity contribution in [2.24, 2.45) is 5.73 Å². The molecule has 1 aromatic heterocycles. The number of hydrogen-bond donors (Lipinski definition) is 3. The van der Waals surface area contributed by atoms with Gasteiger partial charge in [0.25, 0.3) is 0 Å². The lowest BCUT2D eigenvalue weighted by Crippen LogP contribution is -2.22. The van der Waals surface area contributed by atoms with Crippen LogP contribution in [0.25, 0.3) is 22.2 Å². The number of nitrogens with one attached hydrogen (secondary N) is 1. The Hall–Kier alpha value is -4.17. The highest BCUT2D eigenvalue weighted by atomic mass is 16.4. The summed E-state index contributed by atoms with van der Waals surface area (Å²) in [5.41, 5.74) is 9.61. The lowest BCUT2D eigenvalue weighted by molar-refractivity contribution is 0.0697. The van der Waals surface area contributed by atoms with Crippen LogP contribution in [0.1, 0.15) is 15.9 Å². The topological polar surface area (TPSA) is 142 Å². The van der Waals surface area contributed by atoms with Gasteiger partial charge in [0.05, 0.1) is 23.1 Å². The average Bonchev–Trinajstić information content (AvgIpc) is 3.05. The Balaban J connectivity index is 0.00000256. The third kappa shape index (κ3) is 3.98. The van der Waals surface area contributed by atoms with Crippen LogP contribution in [0.3, 0.4) is 0 Å². The molecule has 4 aromatic rings. The minimum atomic E-state index is -0.961. The van der Waals surface area contributed by atoms with Crippen molar-refractivity contribution in [1.82, 2.24) is 9.55 Å². The average molecular weight is 404 g/mol. The predicted octanol–water partition coefficient (Wildman–Crippen LogP) is 3.12. The third-order valence-corrected chi connectivity index (χ3v) is 4.65. The number of carbonyl (C=O) groups is 2. The van der Waals surface area contributed by atoms with Crippen molar-refractivity contribution in [2.45, 2.75) is 6.54 Å². The number of aromatic carboxylic acids is 1. The Labute approximate surface area is 171 Å². The first kappa shape index (κ1) is 20.6. The van der Waals surface area contributed by atoms with Gasteiger partial charge >= 0.3 is 12.0 Å². The van der Waals surface area contributed by atoms with Gasteiger partial charge in [-0.15, -0.1) is 0 Å². The van der Waals surface area contributed by atoms with Crippen molar-refractivity contribution >= 4 is 29.0 Å². The quantitative estimate of drug-likeness (QED) is 0.470. The number of carboxylic acids is 1. The molecular formula is C22H20N4O4. The van der Waals surface area contributed by atoms with Gasteiger partial charge in [0.1, 0.15) is 0 Å². The van der Waals surface area contributed by atoms with Gasteiger partial charge < -0.3 is 20.9 Å². The summed E-state index contributed by atoms with van der Waals surface area (Å²) in [6, 6.07) is 21.4. The van der Waals surface area contributed by atoms with Crippen LogP contribution in [0.5, 0.6) is 0 Å². The highest BCUT2D eigenvalue weighted by Crippen LogP contribution is 2.26. The van der Waals surface area contributed by atoms with Crippen LogP contribution >= 0.6 is 0 Å². The molecule has 0 aliphatic rings. The molecule has 0 atom stereocenters. The van der Waals surface area contributed by atoms with E-state index < -0.39 is 12.0 Å². The first-order valence-electron chi connectivity index (χ1n) is 8.96. The maximum Gasteiger partial charge on any atom is 0.336 e. The number of carbonyl (C=O) groups excluding carboxylic acids is 1. The molecule has 0 unspecified atom stereocenters. The van der Waals surface area contributed by atoms with Gasteiger partial charge in [-0.3, -0.25) is 5.32 Å². The molecule has 30 heavy (non-hydrogen) atoms. The summed E-state index contributed by atoms with van der Waals surface area (Å²) in [4.78, 5) is 27.2. The number of imidazole rings is 1. The number of nitrogens with two attached hydrogens (primary N) is 1. The molecule has 0 spiro atoms. The van der Waals surface area contributed by atoms with E-state index in [-0.39, 0.29) is 11.0 Å². The number of primary amides is 1. The van der Waals surface area contributed by atoms with Crippen LogP contribution in [0.15, 0.2) is 72.8 Å². The maximum absolute atomic E-state index is 11.5. The highest BCUT2D eigenvalue weighted by Gasteiger charge is 2.13. The largest absolute Gasteiger partial charge is 0.478 e. The number of carboxylic acid groups (broad SMARTS) is 1. The number of rotatable bonds is 5. The summed E-state index contributed by atoms with van der Waals surface area (Å²) in [5, 5.41) is 12.0. The first-order valence-corrected chi connectivity index (χ1v) is 8.96. The molecule has 0 fully saturated rings. The van der Waals surface area contributed by atoms with E-state index in [1.54, 1.807) is 18.2 Å². The lowest BCUT2D eigenvalue weighted by Gasteiger charge is -2.11. The van der Waals surface area contributed by atoms with E-state index >= 15 is 0 Å². The summed E-state index contributed by atoms with van der Waals surface area (Å²) in [7, 11) is 0. The number of urea groups is 1. The van der Waals surface area contributed by atoms with Crippen LogP contribution in [0.4, 0.5) is 10.7 Å². The van der Waals surface area contributed by atoms with Crippen molar-refractivity contribution in [3.05, 3.63) is 83.9 Å². The zero-order valence-electron chi connectivity index (χ0n) is 15.9. The van der Waals surface area contributed by atoms with E-state index in [9.17, 15) is 14.7 Å². The standard InChI is InChI=1S/C22H18N4O3.H2O/c23-21(29)25-22-24-18-7-3-4-8-19(18)26(22)13-14-9-11-15(12-10-14)16-5-1-2-6-17(16)20(27)28;/h1-12H,13H2,(H,27,28)(H3,23,24,25,29);1H2. The summed E-state index contributed by atoms with van der Waals surface area (Å²) >= 11 is 0. The summed E-state index contributed by atoms with van der Waals surface area (Å²) in [6.45, 7) is 0.469. The molecule has 0 bridgehead atoms. The summed E-state index contributed by atoms with van der Waals surface area (Å²) < 4.78 is 1.88. The normalized spacial score (nSPS) is 10.4. The molecular weight excluding hydrogens is 384 g/mol. The molecule has 0 saturated carbocycles. The maximum atomic E-state index is 11.5. The van der Waals surface area contributed by atoms with Crippen molar-refractivity contribution in [3.63, 3.8) is 0 Å². The molecule has 0 aliphatic carbocycles. The number of benzene rings is 3. The number of nitrogens with zero attached hydrogens (tertiary/aromatic N) is 2. The Morgan fingerprint density at radius 1 is 0.967 bits per heavy atom. The Morgan fingerprint density at radius 2 is 1.63 bits per heavy atom. The van der Waals surface area contributed by atoms with Crippen LogP contribution in [0, 0.1) is 0 Å². The van der Waals surface area contributed by atoms with Crippen LogP contribution in [-0.4, -0.2) is 32.1 Å². The summed E-state index contributed by atoms with van der Waals surface area (Å²) in [6.07, 6.45) is 0. The lowest BCUT2D eigenvalue weighted by atomic mass is 9.99. The molecule has 0 aliphatic heterocycles. The van der Waals surface area contributed by atoms with Gasteiger partial charge in [0.15, 0.2) is 0 Å². The number of aromatic nitrogens is 2. The Bertz CT molecular complexity index is 1220. The number of hydrogen-bond acceptors (Lipinski definition) is 3. The van der Waals surface area contributed by atoms with Crippen molar-refractivity contribution in [1.29, 1.82) is 0 Å². The Morgan fingerprint density at radius 3 is 2.33 bits per heavy atom. The van der Waals surface area contributed by atoms with E-state index in [2.05, 4.69) is 10.3 Å². The second-order valence-corrected chi connectivity index (χ2v) is 6.55. The monoisotopic (exact) mass is 404 g/mol. The number of amides is 2. The first-order chi connectivity index (χ1) is 14.0. The molecule has 0 saturated heterocycles. The van der Waals surface area contributed by atoms with Gasteiger partial charge in [-0.1, -0.05) is 54.6 Å². The molecule has 0 radical (unpaired) electrons. The van der Waals surface area contributed by atoms with E-state index in [4.69, 9.17) is 5.73 Å². The van der Waals surface area contributed by atoms with E-state index in [1.807, 2.05) is 59.2 Å². The molecule has 3 aromatic carbocycles. The van der Waals surface area contributed by atoms with Crippen molar-refractivity contribution < 1.29 is 20.2 Å². The van der Waals surface area contributed by atoms with E-state index in [1.165, 1.54) is 0 Å². The molecule has 8 nitrogen and oxygen atoms in total. The SMILES string of the molecule is NC(=O)Nc1nc2ccccc2n1Cc1ccc(-c2ccccc2C(=O)O)cc1.O. The number of fused-ring (bicyclic) bond motifs is 1. The fraction of sp³-hybridized carbons (Fsp3) is 0.0455. The minimum absolute atomic E-state index is 0. The second-order valence-electron chi connectivity index (χ2n) is 6.55. The van der Waals surface area contributed by atoms with Gasteiger partial charge in [-0.2, -0.15) is 0 Å². The predicted molar refractivity (Wildman–Crippen MR) is 114 cm³/mol. The second kappa shape index (κ2) is 8.46. The van der Waals surface area contributed by atoms with Gasteiger partial charge in [0, 0.05) is 0 Å². The van der Waals surface area contributed by atoms with Crippen LogP contribution in [0.2, 0.25) is 0 Å². The molecule has 152 valence electrons. The third-order valence-electron chi connectivity index (χ3n) is 4.65. The molecule has 4 rings (SSSR count). The number of para-hydroxylation sites is 2. The van der Waals surface area contributed by atoms with Crippen LogP contribution < -0.4 is 11.1 Å². The number of anilines is 1. The van der Waals surface area contributed by atoms with Gasteiger partial charge in [-0.25, -0.2) is 14.6 Å². The zero-order valence-corrected chi connectivity index (χ0v) is 15.9. The highest BCUT2D eigenvalue weighted by molar-refractivity contribution is 5.96. The van der Waals surface area contributed by atoms with E-state index in [0.717, 1.165) is 22.2 Å². The van der Waals surface area contributed by atoms with Crippen molar-refractivity contribution in [2.75, 3.05) is 5.32 Å². The molecule has 8 heteroatoms. The molecule has 1 heterocycles. The van der Waals surface area contributed by atoms with Gasteiger partial charge in [-0.05, 0) is 34.9 Å². The molecule has 6 N–H and O–H groups in total. The molecule has 2 amide bonds. The minimum Gasteiger partial charge on any atom is -0.478 e. The van der Waals surface area contributed by atoms with E-state index in [0.29, 0.717) is 18.1 Å². The van der Waals surface area contributed by atoms with Crippen LogP contribution in [-0.2, 0) is 6.54 Å². The summed E-state index contributed by atoms with van der Waals surface area (Å²) in [5.74, 6) is -0.587. The Kier molecular flexibility index (Phi) is 5.80. The smallest absolute Gasteiger partial charge is 0.336 e.